The molecule has 0 bridgehead atoms. The molecule has 5 nitrogen and oxygen atoms in total. The Hall–Kier alpha value is -2.02. The van der Waals surface area contributed by atoms with Crippen LogP contribution in [0.25, 0.3) is 0 Å². The maximum absolute atomic E-state index is 14.4. The molecule has 0 aliphatic heterocycles. The number of ketones is 1. The first-order valence-corrected chi connectivity index (χ1v) is 7.40. The monoisotopic (exact) mass is 343 g/mol. The molecule has 0 atom stereocenters. The average Bonchev–Trinajstić information content (AvgIpc) is 2.34. The Morgan fingerprint density at radius 2 is 1.62 bits per heavy atom. The summed E-state index contributed by atoms with van der Waals surface area (Å²) in [6, 6.07) is 3.28. The van der Waals surface area contributed by atoms with Crippen LogP contribution in [0.5, 0.6) is 0 Å². The number of ether oxygens (including phenoxy) is 1. The number of benzene rings is 1. The van der Waals surface area contributed by atoms with Gasteiger partial charge in [0, 0.05) is 16.8 Å². The predicted molar refractivity (Wildman–Crippen MR) is 86.5 cm³/mol. The van der Waals surface area contributed by atoms with E-state index in [1.165, 1.54) is 13.0 Å². The van der Waals surface area contributed by atoms with Gasteiger partial charge in [-0.15, -0.1) is 0 Å². The van der Waals surface area contributed by atoms with Gasteiger partial charge in [0.1, 0.15) is 11.2 Å². The minimum atomic E-state index is -3.62. The van der Waals surface area contributed by atoms with Crippen molar-refractivity contribution >= 4 is 17.6 Å². The first-order chi connectivity index (χ1) is 10.6. The summed E-state index contributed by atoms with van der Waals surface area (Å²) in [6.45, 7) is 8.13. The minimum Gasteiger partial charge on any atom is -0.444 e. The molecular formula is C17H23F2NO4. The zero-order valence-corrected chi connectivity index (χ0v) is 14.7. The number of carbonyl (C=O) groups is 2. The zero-order chi connectivity index (χ0) is 18.9. The van der Waals surface area contributed by atoms with Gasteiger partial charge < -0.3 is 9.84 Å². The summed E-state index contributed by atoms with van der Waals surface area (Å²) in [5, 5.41) is 12.0. The Balaban J connectivity index is 3.28. The number of alkyl halides is 2. The van der Waals surface area contributed by atoms with Gasteiger partial charge in [-0.2, -0.15) is 8.78 Å². The summed E-state index contributed by atoms with van der Waals surface area (Å²) >= 11 is 0. The number of anilines is 1. The van der Waals surface area contributed by atoms with Crippen LogP contribution in [0, 0.1) is 0 Å². The highest BCUT2D eigenvalue weighted by atomic mass is 19.3. The lowest BCUT2D eigenvalue weighted by atomic mass is 9.91. The van der Waals surface area contributed by atoms with Crippen LogP contribution in [0.2, 0.25) is 0 Å². The van der Waals surface area contributed by atoms with Gasteiger partial charge >= 0.3 is 12.0 Å². The van der Waals surface area contributed by atoms with E-state index < -0.39 is 34.6 Å². The van der Waals surface area contributed by atoms with Crippen LogP contribution in [-0.2, 0) is 10.7 Å². The molecule has 0 saturated carbocycles. The molecule has 0 saturated heterocycles. The molecule has 0 fully saturated rings. The number of Topliss-reactive ketones (excluding diaryl/α,β-unsaturated/α-hetero) is 1. The van der Waals surface area contributed by atoms with Crippen molar-refractivity contribution < 1.29 is 28.2 Å². The van der Waals surface area contributed by atoms with Crippen molar-refractivity contribution in [3.8, 4) is 0 Å². The van der Waals surface area contributed by atoms with Crippen molar-refractivity contribution in [3.05, 3.63) is 29.3 Å². The van der Waals surface area contributed by atoms with E-state index >= 15 is 0 Å². The Bertz CT molecular complexity index is 643. The van der Waals surface area contributed by atoms with Gasteiger partial charge in [0.25, 0.3) is 0 Å². The predicted octanol–water partition coefficient (Wildman–Crippen LogP) is 4.10. The third-order valence-corrected chi connectivity index (χ3v) is 3.12. The molecule has 24 heavy (non-hydrogen) atoms. The summed E-state index contributed by atoms with van der Waals surface area (Å²) in [5.41, 5.74) is -3.71. The van der Waals surface area contributed by atoms with Gasteiger partial charge in [-0.25, -0.2) is 4.79 Å². The zero-order valence-electron chi connectivity index (χ0n) is 14.7. The molecule has 0 spiro atoms. The first-order valence-electron chi connectivity index (χ1n) is 7.40. The van der Waals surface area contributed by atoms with Gasteiger partial charge in [-0.1, -0.05) is 0 Å². The van der Waals surface area contributed by atoms with Gasteiger partial charge in [0.05, 0.1) is 0 Å². The third-order valence-electron chi connectivity index (χ3n) is 3.12. The van der Waals surface area contributed by atoms with Crippen molar-refractivity contribution in [2.45, 2.75) is 58.7 Å². The number of nitrogens with one attached hydrogen (secondary N) is 1. The summed E-state index contributed by atoms with van der Waals surface area (Å²) in [4.78, 5) is 23.4. The van der Waals surface area contributed by atoms with Gasteiger partial charge in [0.15, 0.2) is 5.78 Å². The lowest BCUT2D eigenvalue weighted by Gasteiger charge is -2.30. The van der Waals surface area contributed by atoms with Gasteiger partial charge in [-0.05, 0) is 59.7 Å². The molecule has 1 rings (SSSR count). The molecule has 0 radical (unpaired) electrons. The van der Waals surface area contributed by atoms with E-state index in [1.54, 1.807) is 20.8 Å². The van der Waals surface area contributed by atoms with Crippen LogP contribution < -0.4 is 5.32 Å². The van der Waals surface area contributed by atoms with Crippen LogP contribution >= 0.6 is 0 Å². The fraction of sp³-hybridized carbons (Fsp3) is 0.529. The topological polar surface area (TPSA) is 75.6 Å². The summed E-state index contributed by atoms with van der Waals surface area (Å²) in [6.07, 6.45) is -0.833. The summed E-state index contributed by atoms with van der Waals surface area (Å²) in [5.74, 6) is -4.07. The smallest absolute Gasteiger partial charge is 0.412 e. The molecular weight excluding hydrogens is 320 g/mol. The number of hydrogen-bond acceptors (Lipinski definition) is 4. The van der Waals surface area contributed by atoms with Gasteiger partial charge in [-0.3, -0.25) is 10.1 Å². The van der Waals surface area contributed by atoms with E-state index in [-0.39, 0.29) is 11.3 Å². The maximum Gasteiger partial charge on any atom is 0.412 e. The first kappa shape index (κ1) is 20.0. The molecule has 1 amide bonds. The molecule has 2 N–H and O–H groups in total. The van der Waals surface area contributed by atoms with Crippen LogP contribution in [0.3, 0.4) is 0 Å². The lowest BCUT2D eigenvalue weighted by molar-refractivity contribution is -0.168. The number of aliphatic hydroxyl groups is 1. The van der Waals surface area contributed by atoms with Crippen LogP contribution in [-0.4, -0.2) is 28.2 Å². The molecule has 0 unspecified atom stereocenters. The quantitative estimate of drug-likeness (QED) is 0.807. The fourth-order valence-corrected chi connectivity index (χ4v) is 1.86. The SMILES string of the molecule is CC(=O)c1cc(NC(=O)OC(C)(C)C)cc(C(F)(F)C(C)(C)O)c1. The number of amides is 1. The van der Waals surface area contributed by atoms with Crippen LogP contribution in [0.1, 0.15) is 57.5 Å². The second-order valence-corrected chi connectivity index (χ2v) is 7.12. The number of hydrogen-bond donors (Lipinski definition) is 2. The van der Waals surface area contributed by atoms with Crippen LogP contribution in [0.4, 0.5) is 19.3 Å². The molecule has 134 valence electrons. The molecule has 1 aromatic rings. The highest BCUT2D eigenvalue weighted by Gasteiger charge is 2.47. The Kier molecular flexibility index (Phi) is 5.40. The summed E-state index contributed by atoms with van der Waals surface area (Å²) < 4.78 is 33.8. The van der Waals surface area contributed by atoms with E-state index in [9.17, 15) is 23.5 Å². The summed E-state index contributed by atoms with van der Waals surface area (Å²) in [7, 11) is 0. The Morgan fingerprint density at radius 1 is 1.08 bits per heavy atom. The highest BCUT2D eigenvalue weighted by molar-refractivity contribution is 5.96. The van der Waals surface area contributed by atoms with Crippen molar-refractivity contribution in [2.75, 3.05) is 5.32 Å². The van der Waals surface area contributed by atoms with E-state index in [0.29, 0.717) is 0 Å². The minimum absolute atomic E-state index is 0.0116. The van der Waals surface area contributed by atoms with E-state index in [0.717, 1.165) is 26.0 Å². The Labute approximate surface area is 140 Å². The van der Waals surface area contributed by atoms with E-state index in [2.05, 4.69) is 5.32 Å². The molecule has 1 aromatic carbocycles. The van der Waals surface area contributed by atoms with E-state index in [4.69, 9.17) is 4.74 Å². The highest BCUT2D eigenvalue weighted by Crippen LogP contribution is 2.40. The second kappa shape index (κ2) is 6.47. The standard InChI is InChI=1S/C17H23F2NO4/c1-10(21)11-7-12(17(18,19)16(5,6)23)9-13(8-11)20-14(22)24-15(2,3)4/h7-9,23H,1-6H3,(H,20,22). The second-order valence-electron chi connectivity index (χ2n) is 7.12. The maximum atomic E-state index is 14.4. The molecule has 0 aliphatic carbocycles. The fourth-order valence-electron chi connectivity index (χ4n) is 1.86. The number of rotatable bonds is 4. The van der Waals surface area contributed by atoms with Crippen molar-refractivity contribution in [1.82, 2.24) is 0 Å². The van der Waals surface area contributed by atoms with Crippen molar-refractivity contribution in [2.24, 2.45) is 0 Å². The largest absolute Gasteiger partial charge is 0.444 e. The molecule has 0 heterocycles. The number of halogens is 2. The number of carbonyl (C=O) groups excluding carboxylic acids is 2. The van der Waals surface area contributed by atoms with E-state index in [1.807, 2.05) is 0 Å². The van der Waals surface area contributed by atoms with Crippen molar-refractivity contribution in [3.63, 3.8) is 0 Å². The van der Waals surface area contributed by atoms with Gasteiger partial charge in [0.2, 0.25) is 0 Å². The average molecular weight is 343 g/mol. The molecule has 7 heteroatoms. The third kappa shape index (κ3) is 4.99. The Morgan fingerprint density at radius 3 is 2.04 bits per heavy atom. The lowest BCUT2D eigenvalue weighted by Crippen LogP contribution is -2.40. The molecule has 0 aromatic heterocycles. The van der Waals surface area contributed by atoms with Crippen LogP contribution in [0.15, 0.2) is 18.2 Å². The molecule has 0 aliphatic rings. The van der Waals surface area contributed by atoms with Crippen molar-refractivity contribution in [1.29, 1.82) is 0 Å². The normalized spacial score (nSPS) is 12.7.